The van der Waals surface area contributed by atoms with Crippen molar-refractivity contribution in [2.75, 3.05) is 20.1 Å². The van der Waals surface area contributed by atoms with Crippen LogP contribution in [0.5, 0.6) is 0 Å². The molecule has 6 nitrogen and oxygen atoms in total. The van der Waals surface area contributed by atoms with Crippen molar-refractivity contribution >= 4 is 22.8 Å². The third-order valence-electron chi connectivity index (χ3n) is 6.62. The Morgan fingerprint density at radius 2 is 1.59 bits per heavy atom. The largest absolute Gasteiger partial charge is 0.356 e. The average Bonchev–Trinajstić information content (AvgIpc) is 3.27. The van der Waals surface area contributed by atoms with Crippen molar-refractivity contribution in [2.24, 2.45) is 0 Å². The summed E-state index contributed by atoms with van der Waals surface area (Å²) in [5, 5.41) is 3.03. The first-order valence-electron chi connectivity index (χ1n) is 13.1. The maximum atomic E-state index is 12.8. The number of aromatic nitrogens is 2. The van der Waals surface area contributed by atoms with Crippen LogP contribution in [0.3, 0.4) is 0 Å². The first-order valence-corrected chi connectivity index (χ1v) is 13.1. The zero-order valence-corrected chi connectivity index (χ0v) is 21.8. The minimum Gasteiger partial charge on any atom is -0.356 e. The monoisotopic (exact) mass is 496 g/mol. The standard InChI is InChI=1S/C31H36N4O2/c1-3-4-21-34(2)31(37)23-35-28-14-9-8-13-27(28)33-29(35)15-10-20-32-30(36)22-24-16-18-26(19-17-24)25-11-6-5-7-12-25/h5-9,11-14,16-19H,3-4,10,15,20-23H2,1-2H3,(H,32,36). The molecule has 0 unspecified atom stereocenters. The lowest BCUT2D eigenvalue weighted by Crippen LogP contribution is -2.31. The molecule has 0 saturated carbocycles. The van der Waals surface area contributed by atoms with Gasteiger partial charge in [0, 0.05) is 26.6 Å². The van der Waals surface area contributed by atoms with E-state index in [0.717, 1.165) is 53.8 Å². The summed E-state index contributed by atoms with van der Waals surface area (Å²) in [6.07, 6.45) is 3.85. The Morgan fingerprint density at radius 1 is 0.892 bits per heavy atom. The summed E-state index contributed by atoms with van der Waals surface area (Å²) >= 11 is 0. The van der Waals surface area contributed by atoms with Crippen LogP contribution >= 0.6 is 0 Å². The lowest BCUT2D eigenvalue weighted by Gasteiger charge is -2.18. The van der Waals surface area contributed by atoms with Gasteiger partial charge in [0.15, 0.2) is 0 Å². The van der Waals surface area contributed by atoms with Crippen molar-refractivity contribution in [3.63, 3.8) is 0 Å². The quantitative estimate of drug-likeness (QED) is 0.272. The van der Waals surface area contributed by atoms with Gasteiger partial charge < -0.3 is 14.8 Å². The predicted octanol–water partition coefficient (Wildman–Crippen LogP) is 5.25. The normalized spacial score (nSPS) is 11.0. The van der Waals surface area contributed by atoms with Crippen LogP contribution in [0.25, 0.3) is 22.2 Å². The fourth-order valence-corrected chi connectivity index (χ4v) is 4.44. The number of fused-ring (bicyclic) bond motifs is 1. The summed E-state index contributed by atoms with van der Waals surface area (Å²) < 4.78 is 2.02. The van der Waals surface area contributed by atoms with Crippen molar-refractivity contribution in [3.8, 4) is 11.1 Å². The van der Waals surface area contributed by atoms with Crippen molar-refractivity contribution in [1.82, 2.24) is 19.8 Å². The van der Waals surface area contributed by atoms with Gasteiger partial charge in [-0.3, -0.25) is 9.59 Å². The van der Waals surface area contributed by atoms with Crippen molar-refractivity contribution in [1.29, 1.82) is 0 Å². The highest BCUT2D eigenvalue weighted by atomic mass is 16.2. The van der Waals surface area contributed by atoms with Gasteiger partial charge in [0.05, 0.1) is 17.5 Å². The van der Waals surface area contributed by atoms with Crippen LogP contribution in [0.15, 0.2) is 78.9 Å². The summed E-state index contributed by atoms with van der Waals surface area (Å²) in [4.78, 5) is 31.9. The molecule has 0 bridgehead atoms. The topological polar surface area (TPSA) is 67.2 Å². The number of likely N-dealkylation sites (N-methyl/N-ethyl adjacent to an activating group) is 1. The van der Waals surface area contributed by atoms with E-state index in [1.165, 1.54) is 5.56 Å². The number of aryl methyl sites for hydroxylation is 1. The number of hydrogen-bond acceptors (Lipinski definition) is 3. The number of nitrogens with zero attached hydrogens (tertiary/aromatic N) is 3. The van der Waals surface area contributed by atoms with Gasteiger partial charge in [-0.05, 0) is 41.7 Å². The molecule has 3 aromatic carbocycles. The molecule has 0 saturated heterocycles. The van der Waals surface area contributed by atoms with Gasteiger partial charge in [0.25, 0.3) is 0 Å². The molecule has 0 fully saturated rings. The Bertz CT molecular complexity index is 1310. The van der Waals surface area contributed by atoms with E-state index in [2.05, 4.69) is 36.5 Å². The number of carbonyl (C=O) groups is 2. The highest BCUT2D eigenvalue weighted by molar-refractivity contribution is 5.81. The van der Waals surface area contributed by atoms with E-state index in [1.807, 2.05) is 66.2 Å². The Labute approximate surface area is 219 Å². The lowest BCUT2D eigenvalue weighted by molar-refractivity contribution is -0.130. The number of hydrogen-bond donors (Lipinski definition) is 1. The van der Waals surface area contributed by atoms with Gasteiger partial charge >= 0.3 is 0 Å². The summed E-state index contributed by atoms with van der Waals surface area (Å²) in [6.45, 7) is 3.73. The molecular weight excluding hydrogens is 460 g/mol. The summed E-state index contributed by atoms with van der Waals surface area (Å²) in [5.41, 5.74) is 5.16. The maximum Gasteiger partial charge on any atom is 0.242 e. The van der Waals surface area contributed by atoms with E-state index in [1.54, 1.807) is 4.90 Å². The molecule has 0 spiro atoms. The average molecular weight is 497 g/mol. The van der Waals surface area contributed by atoms with Crippen molar-refractivity contribution in [3.05, 3.63) is 90.3 Å². The molecule has 0 atom stereocenters. The molecule has 0 aliphatic heterocycles. The van der Waals surface area contributed by atoms with Crippen molar-refractivity contribution < 1.29 is 9.59 Å². The number of nitrogens with one attached hydrogen (secondary N) is 1. The number of carbonyl (C=O) groups excluding carboxylic acids is 2. The third-order valence-corrected chi connectivity index (χ3v) is 6.62. The minimum absolute atomic E-state index is 0.00805. The highest BCUT2D eigenvalue weighted by Gasteiger charge is 2.16. The molecule has 1 aromatic heterocycles. The number of amides is 2. The fourth-order valence-electron chi connectivity index (χ4n) is 4.44. The van der Waals surface area contributed by atoms with Crippen LogP contribution in [0.1, 0.15) is 37.6 Å². The van der Waals surface area contributed by atoms with Gasteiger partial charge in [0.1, 0.15) is 12.4 Å². The summed E-state index contributed by atoms with van der Waals surface area (Å²) in [6, 6.07) is 26.3. The van der Waals surface area contributed by atoms with Gasteiger partial charge in [0.2, 0.25) is 11.8 Å². The van der Waals surface area contributed by atoms with Gasteiger partial charge in [-0.2, -0.15) is 0 Å². The lowest BCUT2D eigenvalue weighted by atomic mass is 10.0. The molecule has 1 heterocycles. The van der Waals surface area contributed by atoms with E-state index >= 15 is 0 Å². The highest BCUT2D eigenvalue weighted by Crippen LogP contribution is 2.20. The van der Waals surface area contributed by atoms with Crippen LogP contribution in [0.2, 0.25) is 0 Å². The van der Waals surface area contributed by atoms with E-state index in [0.29, 0.717) is 19.4 Å². The van der Waals surface area contributed by atoms with Crippen LogP contribution in [0.4, 0.5) is 0 Å². The zero-order chi connectivity index (χ0) is 26.0. The molecule has 0 aliphatic carbocycles. The van der Waals surface area contributed by atoms with Gasteiger partial charge in [-0.1, -0.05) is 80.1 Å². The first-order chi connectivity index (χ1) is 18.0. The van der Waals surface area contributed by atoms with E-state index in [9.17, 15) is 9.59 Å². The molecule has 37 heavy (non-hydrogen) atoms. The minimum atomic E-state index is 0.00805. The SMILES string of the molecule is CCCCN(C)C(=O)Cn1c(CCCNC(=O)Cc2ccc(-c3ccccc3)cc2)nc2ccccc21. The van der Waals surface area contributed by atoms with Gasteiger partial charge in [-0.25, -0.2) is 4.98 Å². The zero-order valence-electron chi connectivity index (χ0n) is 21.8. The molecule has 6 heteroatoms. The first kappa shape index (κ1) is 26.1. The van der Waals surface area contributed by atoms with E-state index in [-0.39, 0.29) is 18.4 Å². The third kappa shape index (κ3) is 7.06. The maximum absolute atomic E-state index is 12.8. The summed E-state index contributed by atoms with van der Waals surface area (Å²) in [7, 11) is 1.86. The summed E-state index contributed by atoms with van der Waals surface area (Å²) in [5.74, 6) is 0.974. The number of imidazole rings is 1. The van der Waals surface area contributed by atoms with Crippen molar-refractivity contribution in [2.45, 2.75) is 45.6 Å². The molecule has 192 valence electrons. The fraction of sp³-hybridized carbons (Fsp3) is 0.323. The van der Waals surface area contributed by atoms with Gasteiger partial charge in [-0.15, -0.1) is 0 Å². The Kier molecular flexibility index (Phi) is 9.08. The second-order valence-corrected chi connectivity index (χ2v) is 9.46. The van der Waals surface area contributed by atoms with E-state index in [4.69, 9.17) is 4.98 Å². The Morgan fingerprint density at radius 3 is 2.35 bits per heavy atom. The molecule has 0 aliphatic rings. The molecular formula is C31H36N4O2. The van der Waals surface area contributed by atoms with E-state index < -0.39 is 0 Å². The predicted molar refractivity (Wildman–Crippen MR) is 149 cm³/mol. The molecule has 2 amide bonds. The smallest absolute Gasteiger partial charge is 0.242 e. The van der Waals surface area contributed by atoms with Crippen LogP contribution in [-0.2, 0) is 29.0 Å². The Hall–Kier alpha value is -3.93. The number of benzene rings is 3. The molecule has 0 radical (unpaired) electrons. The molecule has 4 aromatic rings. The second kappa shape index (κ2) is 12.9. The van der Waals surface area contributed by atoms with Crippen LogP contribution in [0, 0.1) is 0 Å². The molecule has 4 rings (SSSR count). The number of rotatable bonds is 12. The van der Waals surface area contributed by atoms with Crippen LogP contribution in [-0.4, -0.2) is 46.4 Å². The second-order valence-electron chi connectivity index (χ2n) is 9.46. The van der Waals surface area contributed by atoms with Crippen LogP contribution < -0.4 is 5.32 Å². The number of para-hydroxylation sites is 2. The number of unbranched alkanes of at least 4 members (excludes halogenated alkanes) is 1. The molecule has 1 N–H and O–H groups in total. The Balaban J connectivity index is 1.30.